The SMILES string of the molecule is Cn1cc(-c2cnc(N)c(C(=O)N[C@@H]3CCN(C(=O)c4ccc(-c5ccc(C(=O)N6CCNCC6)cc5)cc4)C3)c2)cn1. The van der Waals surface area contributed by atoms with E-state index in [1.54, 1.807) is 28.0 Å². The summed E-state index contributed by atoms with van der Waals surface area (Å²) < 4.78 is 1.68. The van der Waals surface area contributed by atoms with Gasteiger partial charge in [-0.3, -0.25) is 19.1 Å². The average Bonchev–Trinajstić information content (AvgIpc) is 3.70. The van der Waals surface area contributed by atoms with Crippen LogP contribution >= 0.6 is 0 Å². The Bertz CT molecular complexity index is 1640. The zero-order chi connectivity index (χ0) is 29.9. The van der Waals surface area contributed by atoms with Crippen molar-refractivity contribution < 1.29 is 14.4 Å². The number of carbonyl (C=O) groups excluding carboxylic acids is 3. The zero-order valence-electron chi connectivity index (χ0n) is 24.0. The maximum absolute atomic E-state index is 13.3. The summed E-state index contributed by atoms with van der Waals surface area (Å²) in [5, 5.41) is 10.4. The molecule has 0 saturated carbocycles. The lowest BCUT2D eigenvalue weighted by atomic mass is 10.0. The minimum Gasteiger partial charge on any atom is -0.383 e. The third-order valence-electron chi connectivity index (χ3n) is 8.01. The Balaban J connectivity index is 1.06. The molecule has 2 aliphatic rings. The van der Waals surface area contributed by atoms with E-state index < -0.39 is 0 Å². The molecule has 6 rings (SSSR count). The lowest BCUT2D eigenvalue weighted by Gasteiger charge is -2.27. The molecule has 0 spiro atoms. The van der Waals surface area contributed by atoms with Gasteiger partial charge in [-0.25, -0.2) is 4.98 Å². The summed E-state index contributed by atoms with van der Waals surface area (Å²) in [5.41, 5.74) is 11.1. The van der Waals surface area contributed by atoms with Gasteiger partial charge in [-0.15, -0.1) is 0 Å². The van der Waals surface area contributed by atoms with Gasteiger partial charge in [-0.2, -0.15) is 5.10 Å². The van der Waals surface area contributed by atoms with Crippen LogP contribution in [0.25, 0.3) is 22.3 Å². The van der Waals surface area contributed by atoms with Gasteiger partial charge in [0.15, 0.2) is 0 Å². The van der Waals surface area contributed by atoms with Crippen molar-refractivity contribution in [2.24, 2.45) is 7.05 Å². The molecular formula is C32H34N8O3. The standard InChI is InChI=1S/C32H34N8O3/c1-38-19-26(18-36-38)25-16-28(29(33)35-17-25)30(41)37-27-10-13-40(20-27)32(43)24-8-4-22(5-9-24)21-2-6-23(7-3-21)31(42)39-14-11-34-12-15-39/h2-9,16-19,27,34H,10-15,20H2,1H3,(H2,33,35)(H,37,41)/t27-/m1/s1. The van der Waals surface area contributed by atoms with Gasteiger partial charge in [0.25, 0.3) is 17.7 Å². The molecule has 4 aromatic rings. The van der Waals surface area contributed by atoms with Crippen LogP contribution in [0.4, 0.5) is 5.82 Å². The van der Waals surface area contributed by atoms with Crippen LogP contribution in [0.3, 0.4) is 0 Å². The number of carbonyl (C=O) groups is 3. The van der Waals surface area contributed by atoms with Crippen molar-refractivity contribution in [3.05, 3.63) is 89.9 Å². The fourth-order valence-electron chi connectivity index (χ4n) is 5.55. The molecule has 0 aliphatic carbocycles. The molecule has 43 heavy (non-hydrogen) atoms. The van der Waals surface area contributed by atoms with Crippen molar-refractivity contribution >= 4 is 23.5 Å². The number of amides is 3. The van der Waals surface area contributed by atoms with Gasteiger partial charge in [-0.05, 0) is 47.9 Å². The Kier molecular flexibility index (Phi) is 7.89. The monoisotopic (exact) mass is 578 g/mol. The lowest BCUT2D eigenvalue weighted by molar-refractivity contribution is 0.0735. The van der Waals surface area contributed by atoms with Gasteiger partial charge < -0.3 is 26.2 Å². The molecule has 0 unspecified atom stereocenters. The Labute approximate surface area is 249 Å². The molecule has 11 heteroatoms. The highest BCUT2D eigenvalue weighted by Crippen LogP contribution is 2.24. The van der Waals surface area contributed by atoms with Crippen LogP contribution in [-0.4, -0.2) is 87.6 Å². The summed E-state index contributed by atoms with van der Waals surface area (Å²) in [6.45, 7) is 4.01. The number of nitrogens with zero attached hydrogens (tertiary/aromatic N) is 5. The molecule has 2 aromatic heterocycles. The number of pyridine rings is 1. The summed E-state index contributed by atoms with van der Waals surface area (Å²) in [4.78, 5) is 46.9. The number of aryl methyl sites for hydroxylation is 1. The molecule has 4 heterocycles. The number of aromatic nitrogens is 3. The Morgan fingerprint density at radius 2 is 1.47 bits per heavy atom. The first-order valence-electron chi connectivity index (χ1n) is 14.4. The van der Waals surface area contributed by atoms with Crippen molar-refractivity contribution in [3.63, 3.8) is 0 Å². The molecule has 2 fully saturated rings. The van der Waals surface area contributed by atoms with Crippen LogP contribution in [0.15, 0.2) is 73.2 Å². The summed E-state index contributed by atoms with van der Waals surface area (Å²) in [5.74, 6) is -0.204. The van der Waals surface area contributed by atoms with Crippen LogP contribution in [0.5, 0.6) is 0 Å². The van der Waals surface area contributed by atoms with Crippen LogP contribution in [0.1, 0.15) is 37.5 Å². The Morgan fingerprint density at radius 1 is 0.837 bits per heavy atom. The zero-order valence-corrected chi connectivity index (χ0v) is 24.0. The van der Waals surface area contributed by atoms with Crippen LogP contribution in [0.2, 0.25) is 0 Å². The van der Waals surface area contributed by atoms with Crippen molar-refractivity contribution in [1.29, 1.82) is 0 Å². The summed E-state index contributed by atoms with van der Waals surface area (Å²) in [7, 11) is 1.82. The molecule has 11 nitrogen and oxygen atoms in total. The van der Waals surface area contributed by atoms with Gasteiger partial charge in [-0.1, -0.05) is 24.3 Å². The minimum absolute atomic E-state index is 0.0486. The van der Waals surface area contributed by atoms with E-state index in [0.29, 0.717) is 49.3 Å². The van der Waals surface area contributed by atoms with E-state index in [0.717, 1.165) is 35.3 Å². The molecule has 4 N–H and O–H groups in total. The number of piperazine rings is 1. The molecular weight excluding hydrogens is 544 g/mol. The van der Waals surface area contributed by atoms with E-state index in [-0.39, 0.29) is 29.6 Å². The molecule has 0 radical (unpaired) electrons. The molecule has 3 amide bonds. The van der Waals surface area contributed by atoms with Crippen molar-refractivity contribution in [1.82, 2.24) is 35.2 Å². The molecule has 2 aromatic carbocycles. The quantitative estimate of drug-likeness (QED) is 0.319. The second-order valence-corrected chi connectivity index (χ2v) is 11.0. The number of benzene rings is 2. The highest BCUT2D eigenvalue weighted by Gasteiger charge is 2.29. The first kappa shape index (κ1) is 28.1. The van der Waals surface area contributed by atoms with E-state index in [9.17, 15) is 14.4 Å². The van der Waals surface area contributed by atoms with Gasteiger partial charge in [0, 0.05) is 87.0 Å². The number of nitrogens with two attached hydrogens (primary N) is 1. The van der Waals surface area contributed by atoms with Crippen LogP contribution in [0, 0.1) is 0 Å². The van der Waals surface area contributed by atoms with E-state index in [4.69, 9.17) is 5.73 Å². The topological polar surface area (TPSA) is 138 Å². The van der Waals surface area contributed by atoms with Crippen molar-refractivity contribution in [2.45, 2.75) is 12.5 Å². The van der Waals surface area contributed by atoms with Gasteiger partial charge in [0.2, 0.25) is 0 Å². The highest BCUT2D eigenvalue weighted by molar-refractivity contribution is 6.00. The lowest BCUT2D eigenvalue weighted by Crippen LogP contribution is -2.46. The summed E-state index contributed by atoms with van der Waals surface area (Å²) in [6, 6.07) is 16.6. The Hall–Kier alpha value is -5.03. The predicted molar refractivity (Wildman–Crippen MR) is 163 cm³/mol. The summed E-state index contributed by atoms with van der Waals surface area (Å²) in [6.07, 6.45) is 5.81. The normalized spacial score (nSPS) is 16.7. The number of hydrogen-bond donors (Lipinski definition) is 3. The predicted octanol–water partition coefficient (Wildman–Crippen LogP) is 2.42. The number of likely N-dealkylation sites (tertiary alicyclic amines) is 1. The van der Waals surface area contributed by atoms with E-state index in [1.807, 2.05) is 66.7 Å². The molecule has 2 saturated heterocycles. The first-order chi connectivity index (χ1) is 20.9. The van der Waals surface area contributed by atoms with E-state index in [2.05, 4.69) is 20.7 Å². The number of anilines is 1. The number of nitrogens with one attached hydrogen (secondary N) is 2. The Morgan fingerprint density at radius 3 is 2.07 bits per heavy atom. The molecule has 220 valence electrons. The average molecular weight is 579 g/mol. The van der Waals surface area contributed by atoms with E-state index >= 15 is 0 Å². The number of rotatable bonds is 6. The number of hydrogen-bond acceptors (Lipinski definition) is 7. The first-order valence-corrected chi connectivity index (χ1v) is 14.4. The van der Waals surface area contributed by atoms with Gasteiger partial charge >= 0.3 is 0 Å². The fraction of sp³-hybridized carbons (Fsp3) is 0.281. The summed E-state index contributed by atoms with van der Waals surface area (Å²) >= 11 is 0. The smallest absolute Gasteiger partial charge is 0.255 e. The molecule has 2 aliphatic heterocycles. The van der Waals surface area contributed by atoms with Crippen molar-refractivity contribution in [3.8, 4) is 22.3 Å². The van der Waals surface area contributed by atoms with Crippen molar-refractivity contribution in [2.75, 3.05) is 45.0 Å². The third-order valence-corrected chi connectivity index (χ3v) is 8.01. The van der Waals surface area contributed by atoms with E-state index in [1.165, 1.54) is 0 Å². The molecule has 0 bridgehead atoms. The van der Waals surface area contributed by atoms with Crippen LogP contribution < -0.4 is 16.4 Å². The van der Waals surface area contributed by atoms with Crippen LogP contribution in [-0.2, 0) is 7.05 Å². The second-order valence-electron chi connectivity index (χ2n) is 11.0. The highest BCUT2D eigenvalue weighted by atomic mass is 16.2. The molecule has 1 atom stereocenters. The maximum atomic E-state index is 13.3. The second kappa shape index (κ2) is 12.1. The van der Waals surface area contributed by atoms with Gasteiger partial charge in [0.1, 0.15) is 5.82 Å². The third kappa shape index (κ3) is 6.12. The minimum atomic E-state index is -0.319. The maximum Gasteiger partial charge on any atom is 0.255 e. The number of nitrogen functional groups attached to an aromatic ring is 1. The van der Waals surface area contributed by atoms with Gasteiger partial charge in [0.05, 0.1) is 11.8 Å². The fourth-order valence-corrected chi connectivity index (χ4v) is 5.55. The largest absolute Gasteiger partial charge is 0.383 e.